The van der Waals surface area contributed by atoms with Crippen molar-refractivity contribution in [2.75, 3.05) is 7.05 Å². The zero-order valence-corrected chi connectivity index (χ0v) is 16.6. The van der Waals surface area contributed by atoms with Crippen molar-refractivity contribution < 1.29 is 4.52 Å². The van der Waals surface area contributed by atoms with Gasteiger partial charge in [-0.25, -0.2) is 9.67 Å². The topological polar surface area (TPSA) is 93.2 Å². The van der Waals surface area contributed by atoms with E-state index in [1.807, 2.05) is 30.5 Å². The summed E-state index contributed by atoms with van der Waals surface area (Å²) in [5.74, 6) is 2.72. The number of hydrogen-bond donors (Lipinski definition) is 2. The summed E-state index contributed by atoms with van der Waals surface area (Å²) in [6.07, 6.45) is 7.50. The molecule has 3 rings (SSSR count). The van der Waals surface area contributed by atoms with Crippen molar-refractivity contribution in [1.82, 2.24) is 30.6 Å². The van der Waals surface area contributed by atoms with E-state index in [4.69, 9.17) is 4.52 Å². The fourth-order valence-electron chi connectivity index (χ4n) is 2.99. The third-order valence-electron chi connectivity index (χ3n) is 4.64. The molecule has 8 nitrogen and oxygen atoms in total. The largest absolute Gasteiger partial charge is 0.359 e. The molecule has 8 heteroatoms. The first-order valence-corrected chi connectivity index (χ1v) is 9.58. The number of aromatic nitrogens is 4. The normalized spacial score (nSPS) is 11.8. The van der Waals surface area contributed by atoms with E-state index in [0.717, 1.165) is 35.7 Å². The highest BCUT2D eigenvalue weighted by molar-refractivity contribution is 5.79. The minimum Gasteiger partial charge on any atom is -0.359 e. The van der Waals surface area contributed by atoms with E-state index >= 15 is 0 Å². The smallest absolute Gasteiger partial charge is 0.191 e. The number of aliphatic imine (C=N–C) groups is 1. The molecule has 3 aromatic heterocycles. The van der Waals surface area contributed by atoms with Crippen LogP contribution in [-0.2, 0) is 13.1 Å². The SMILES string of the molecule is CCC(CC)c1cc(CNC(=NC)NCc2ccnc(-n3cccn3)c2)on1. The van der Waals surface area contributed by atoms with Gasteiger partial charge >= 0.3 is 0 Å². The van der Waals surface area contributed by atoms with Gasteiger partial charge in [-0.3, -0.25) is 4.99 Å². The molecule has 148 valence electrons. The summed E-state index contributed by atoms with van der Waals surface area (Å²) in [6.45, 7) is 5.49. The number of rotatable bonds is 8. The van der Waals surface area contributed by atoms with Crippen molar-refractivity contribution in [1.29, 1.82) is 0 Å². The number of nitrogens with zero attached hydrogens (tertiary/aromatic N) is 5. The lowest BCUT2D eigenvalue weighted by Crippen LogP contribution is -2.36. The minimum absolute atomic E-state index is 0.450. The highest BCUT2D eigenvalue weighted by atomic mass is 16.5. The standard InChI is InChI=1S/C20H27N7O/c1-4-16(5-2)18-12-17(28-26-18)14-24-20(21-3)23-13-15-7-9-22-19(11-15)27-10-6-8-25-27/h6-12,16H,4-5,13-14H2,1-3H3,(H2,21,23,24). The molecule has 28 heavy (non-hydrogen) atoms. The van der Waals surface area contributed by atoms with E-state index in [1.165, 1.54) is 0 Å². The summed E-state index contributed by atoms with van der Waals surface area (Å²) in [5.41, 5.74) is 2.10. The maximum atomic E-state index is 5.45. The van der Waals surface area contributed by atoms with E-state index in [9.17, 15) is 0 Å². The van der Waals surface area contributed by atoms with Crippen LogP contribution in [0.15, 0.2) is 52.4 Å². The summed E-state index contributed by atoms with van der Waals surface area (Å²) in [7, 11) is 1.74. The molecule has 0 unspecified atom stereocenters. The first-order chi connectivity index (χ1) is 13.7. The Morgan fingerprint density at radius 1 is 1.18 bits per heavy atom. The number of nitrogens with one attached hydrogen (secondary N) is 2. The Hall–Kier alpha value is -3.16. The third-order valence-corrected chi connectivity index (χ3v) is 4.64. The highest BCUT2D eigenvalue weighted by Gasteiger charge is 2.13. The lowest BCUT2D eigenvalue weighted by Gasteiger charge is -2.11. The number of guanidine groups is 1. The average molecular weight is 381 g/mol. The molecule has 3 heterocycles. The molecule has 0 aliphatic rings. The lowest BCUT2D eigenvalue weighted by atomic mass is 9.99. The molecule has 0 saturated heterocycles. The Labute approximate surface area is 165 Å². The average Bonchev–Trinajstić information content (AvgIpc) is 3.42. The van der Waals surface area contributed by atoms with E-state index in [2.05, 4.69) is 44.7 Å². The van der Waals surface area contributed by atoms with Crippen LogP contribution in [0.5, 0.6) is 0 Å². The first kappa shape index (κ1) is 19.6. The van der Waals surface area contributed by atoms with Crippen LogP contribution in [0.25, 0.3) is 5.82 Å². The highest BCUT2D eigenvalue weighted by Crippen LogP contribution is 2.22. The van der Waals surface area contributed by atoms with Crippen LogP contribution in [0.3, 0.4) is 0 Å². The Balaban J connectivity index is 1.53. The van der Waals surface area contributed by atoms with Gasteiger partial charge in [0.15, 0.2) is 17.5 Å². The van der Waals surface area contributed by atoms with Gasteiger partial charge in [0.2, 0.25) is 0 Å². The fourth-order valence-corrected chi connectivity index (χ4v) is 2.99. The molecule has 0 atom stereocenters. The molecule has 3 aromatic rings. The van der Waals surface area contributed by atoms with Crippen LogP contribution in [0.1, 0.15) is 49.6 Å². The summed E-state index contributed by atoms with van der Waals surface area (Å²) >= 11 is 0. The third kappa shape index (κ3) is 4.97. The molecule has 0 aliphatic carbocycles. The molecular formula is C20H27N7O. The Morgan fingerprint density at radius 3 is 2.71 bits per heavy atom. The minimum atomic E-state index is 0.450. The van der Waals surface area contributed by atoms with Crippen molar-refractivity contribution in [3.63, 3.8) is 0 Å². The second kappa shape index (κ2) is 9.68. The van der Waals surface area contributed by atoms with Gasteiger partial charge in [-0.15, -0.1) is 0 Å². The summed E-state index contributed by atoms with van der Waals surface area (Å²) in [5, 5.41) is 15.0. The lowest BCUT2D eigenvalue weighted by molar-refractivity contribution is 0.368. The predicted molar refractivity (Wildman–Crippen MR) is 108 cm³/mol. The van der Waals surface area contributed by atoms with E-state index in [-0.39, 0.29) is 0 Å². The van der Waals surface area contributed by atoms with Crippen molar-refractivity contribution in [2.24, 2.45) is 4.99 Å². The van der Waals surface area contributed by atoms with Gasteiger partial charge in [0.1, 0.15) is 0 Å². The summed E-state index contributed by atoms with van der Waals surface area (Å²) in [6, 6.07) is 7.85. The van der Waals surface area contributed by atoms with E-state index in [0.29, 0.717) is 25.0 Å². The van der Waals surface area contributed by atoms with Gasteiger partial charge in [-0.05, 0) is 36.6 Å². The van der Waals surface area contributed by atoms with Crippen LogP contribution < -0.4 is 10.6 Å². The zero-order valence-electron chi connectivity index (χ0n) is 16.6. The van der Waals surface area contributed by atoms with Crippen molar-refractivity contribution in [3.05, 3.63) is 59.9 Å². The van der Waals surface area contributed by atoms with Crippen LogP contribution in [-0.4, -0.2) is 32.9 Å². The van der Waals surface area contributed by atoms with E-state index in [1.54, 1.807) is 24.1 Å². The van der Waals surface area contributed by atoms with Crippen molar-refractivity contribution in [3.8, 4) is 5.82 Å². The Bertz CT molecular complexity index is 882. The second-order valence-electron chi connectivity index (χ2n) is 6.48. The fraction of sp³-hybridized carbons (Fsp3) is 0.400. The quantitative estimate of drug-likeness (QED) is 0.460. The summed E-state index contributed by atoms with van der Waals surface area (Å²) < 4.78 is 7.18. The molecule has 0 aromatic carbocycles. The predicted octanol–water partition coefficient (Wildman–Crippen LogP) is 3.02. The van der Waals surface area contributed by atoms with Gasteiger partial charge in [0.25, 0.3) is 0 Å². The number of hydrogen-bond acceptors (Lipinski definition) is 5. The Kier molecular flexibility index (Phi) is 6.78. The molecule has 0 aliphatic heterocycles. The molecule has 0 bridgehead atoms. The summed E-state index contributed by atoms with van der Waals surface area (Å²) in [4.78, 5) is 8.61. The van der Waals surface area contributed by atoms with Crippen LogP contribution >= 0.6 is 0 Å². The molecule has 0 amide bonds. The van der Waals surface area contributed by atoms with E-state index < -0.39 is 0 Å². The van der Waals surface area contributed by atoms with Crippen molar-refractivity contribution in [2.45, 2.75) is 45.7 Å². The number of pyridine rings is 1. The molecular weight excluding hydrogens is 354 g/mol. The molecule has 0 spiro atoms. The van der Waals surface area contributed by atoms with Crippen LogP contribution in [0.4, 0.5) is 0 Å². The van der Waals surface area contributed by atoms with Crippen molar-refractivity contribution >= 4 is 5.96 Å². The second-order valence-corrected chi connectivity index (χ2v) is 6.48. The molecule has 0 fully saturated rings. The van der Waals surface area contributed by atoms with Gasteiger partial charge in [-0.2, -0.15) is 5.10 Å². The maximum Gasteiger partial charge on any atom is 0.191 e. The van der Waals surface area contributed by atoms with Crippen LogP contribution in [0.2, 0.25) is 0 Å². The zero-order chi connectivity index (χ0) is 19.8. The van der Waals surface area contributed by atoms with Gasteiger partial charge < -0.3 is 15.2 Å². The molecule has 0 saturated carbocycles. The Morgan fingerprint density at radius 2 is 2.00 bits per heavy atom. The van der Waals surface area contributed by atoms with Gasteiger partial charge in [0, 0.05) is 44.2 Å². The van der Waals surface area contributed by atoms with Gasteiger partial charge in [0.05, 0.1) is 12.2 Å². The first-order valence-electron chi connectivity index (χ1n) is 9.58. The molecule has 2 N–H and O–H groups in total. The van der Waals surface area contributed by atoms with Crippen LogP contribution in [0, 0.1) is 0 Å². The molecule has 0 radical (unpaired) electrons. The maximum absolute atomic E-state index is 5.45. The van der Waals surface area contributed by atoms with Gasteiger partial charge in [-0.1, -0.05) is 19.0 Å². The monoisotopic (exact) mass is 381 g/mol.